The molecular formula is C12H15NO. The van der Waals surface area contributed by atoms with Crippen LogP contribution < -0.4 is 10.5 Å². The molecule has 0 radical (unpaired) electrons. The van der Waals surface area contributed by atoms with E-state index in [-0.39, 0.29) is 0 Å². The van der Waals surface area contributed by atoms with E-state index < -0.39 is 0 Å². The smallest absolute Gasteiger partial charge is 0.123 e. The van der Waals surface area contributed by atoms with Gasteiger partial charge in [0, 0.05) is 5.69 Å². The summed E-state index contributed by atoms with van der Waals surface area (Å²) in [5.74, 6) is 0.846. The number of nitrogens with two attached hydrogens (primary N) is 1. The molecule has 0 saturated heterocycles. The Balaban J connectivity index is 2.88. The van der Waals surface area contributed by atoms with E-state index in [1.807, 2.05) is 24.3 Å². The Bertz CT molecular complexity index is 331. The predicted octanol–water partition coefficient (Wildman–Crippen LogP) is 2.56. The standard InChI is InChI=1S/C12H15NO/c1-3-5-10-9-11(13)6-7-12(10)14-8-4-2/h3-4,6-7,9H,1-2,5,8,13H2. The molecule has 2 nitrogen and oxygen atoms in total. The number of hydrogen-bond donors (Lipinski definition) is 1. The summed E-state index contributed by atoms with van der Waals surface area (Å²) in [5.41, 5.74) is 7.48. The molecule has 0 amide bonds. The number of benzene rings is 1. The molecule has 0 aliphatic carbocycles. The summed E-state index contributed by atoms with van der Waals surface area (Å²) in [7, 11) is 0. The molecule has 0 aliphatic rings. The first-order valence-corrected chi connectivity index (χ1v) is 4.51. The molecular weight excluding hydrogens is 174 g/mol. The number of allylic oxidation sites excluding steroid dienone is 1. The Morgan fingerprint density at radius 2 is 2.07 bits per heavy atom. The van der Waals surface area contributed by atoms with Gasteiger partial charge < -0.3 is 10.5 Å². The zero-order valence-corrected chi connectivity index (χ0v) is 8.20. The number of ether oxygens (including phenoxy) is 1. The van der Waals surface area contributed by atoms with Gasteiger partial charge in [-0.3, -0.25) is 0 Å². The van der Waals surface area contributed by atoms with Crippen molar-refractivity contribution >= 4 is 5.69 Å². The fourth-order valence-corrected chi connectivity index (χ4v) is 1.20. The maximum absolute atomic E-state index is 5.68. The lowest BCUT2D eigenvalue weighted by Crippen LogP contribution is -1.98. The van der Waals surface area contributed by atoms with E-state index in [4.69, 9.17) is 10.5 Å². The van der Waals surface area contributed by atoms with E-state index in [2.05, 4.69) is 13.2 Å². The van der Waals surface area contributed by atoms with Crippen molar-refractivity contribution in [2.24, 2.45) is 0 Å². The molecule has 0 aromatic heterocycles. The molecule has 0 atom stereocenters. The summed E-state index contributed by atoms with van der Waals surface area (Å²) in [6.07, 6.45) is 4.31. The zero-order chi connectivity index (χ0) is 10.4. The van der Waals surface area contributed by atoms with Crippen molar-refractivity contribution in [3.8, 4) is 5.75 Å². The lowest BCUT2D eigenvalue weighted by Gasteiger charge is -2.09. The van der Waals surface area contributed by atoms with Crippen LogP contribution in [0.25, 0.3) is 0 Å². The van der Waals surface area contributed by atoms with Crippen molar-refractivity contribution in [1.29, 1.82) is 0 Å². The third kappa shape index (κ3) is 2.66. The molecule has 0 bridgehead atoms. The lowest BCUT2D eigenvalue weighted by molar-refractivity contribution is 0.360. The molecule has 0 saturated carbocycles. The Labute approximate surface area is 84.7 Å². The molecule has 0 spiro atoms. The maximum atomic E-state index is 5.68. The van der Waals surface area contributed by atoms with Crippen molar-refractivity contribution in [2.75, 3.05) is 12.3 Å². The number of nitrogen functional groups attached to an aromatic ring is 1. The second kappa shape index (κ2) is 5.12. The van der Waals surface area contributed by atoms with Gasteiger partial charge >= 0.3 is 0 Å². The third-order valence-electron chi connectivity index (χ3n) is 1.81. The molecule has 14 heavy (non-hydrogen) atoms. The molecule has 1 rings (SSSR count). The fourth-order valence-electron chi connectivity index (χ4n) is 1.20. The fraction of sp³-hybridized carbons (Fsp3) is 0.167. The van der Waals surface area contributed by atoms with Crippen LogP contribution in [-0.2, 0) is 6.42 Å². The van der Waals surface area contributed by atoms with Gasteiger partial charge in [-0.05, 0) is 30.2 Å². The van der Waals surface area contributed by atoms with Gasteiger partial charge in [-0.2, -0.15) is 0 Å². The summed E-state index contributed by atoms with van der Waals surface area (Å²) < 4.78 is 5.47. The largest absolute Gasteiger partial charge is 0.489 e. The van der Waals surface area contributed by atoms with Gasteiger partial charge in [0.1, 0.15) is 12.4 Å². The molecule has 0 fully saturated rings. The van der Waals surface area contributed by atoms with Gasteiger partial charge in [-0.25, -0.2) is 0 Å². The van der Waals surface area contributed by atoms with Gasteiger partial charge in [0.25, 0.3) is 0 Å². The molecule has 0 aliphatic heterocycles. The van der Waals surface area contributed by atoms with Gasteiger partial charge in [0.2, 0.25) is 0 Å². The average Bonchev–Trinajstić information content (AvgIpc) is 2.17. The minimum absolute atomic E-state index is 0.508. The monoisotopic (exact) mass is 189 g/mol. The molecule has 2 N–H and O–H groups in total. The summed E-state index contributed by atoms with van der Waals surface area (Å²) in [5, 5.41) is 0. The number of anilines is 1. The van der Waals surface area contributed by atoms with Crippen LogP contribution in [0, 0.1) is 0 Å². The highest BCUT2D eigenvalue weighted by atomic mass is 16.5. The highest BCUT2D eigenvalue weighted by Gasteiger charge is 2.01. The van der Waals surface area contributed by atoms with Crippen LogP contribution in [0.5, 0.6) is 5.75 Å². The first-order chi connectivity index (χ1) is 6.77. The molecule has 2 heteroatoms. The summed E-state index contributed by atoms with van der Waals surface area (Å²) in [4.78, 5) is 0. The first kappa shape index (κ1) is 10.4. The molecule has 0 unspecified atom stereocenters. The molecule has 74 valence electrons. The zero-order valence-electron chi connectivity index (χ0n) is 8.20. The van der Waals surface area contributed by atoms with Gasteiger partial charge in [-0.1, -0.05) is 18.7 Å². The predicted molar refractivity (Wildman–Crippen MR) is 60.4 cm³/mol. The Morgan fingerprint density at radius 3 is 2.71 bits per heavy atom. The number of rotatable bonds is 5. The topological polar surface area (TPSA) is 35.2 Å². The average molecular weight is 189 g/mol. The van der Waals surface area contributed by atoms with Gasteiger partial charge in [0.05, 0.1) is 0 Å². The molecule has 1 aromatic rings. The minimum atomic E-state index is 0.508. The first-order valence-electron chi connectivity index (χ1n) is 4.51. The molecule has 0 heterocycles. The van der Waals surface area contributed by atoms with E-state index in [0.717, 1.165) is 23.4 Å². The van der Waals surface area contributed by atoms with Crippen molar-refractivity contribution in [3.63, 3.8) is 0 Å². The van der Waals surface area contributed by atoms with Crippen LogP contribution in [0.4, 0.5) is 5.69 Å². The Kier molecular flexibility index (Phi) is 3.80. The Morgan fingerprint density at radius 1 is 1.29 bits per heavy atom. The lowest BCUT2D eigenvalue weighted by atomic mass is 10.1. The van der Waals surface area contributed by atoms with Crippen molar-refractivity contribution in [2.45, 2.75) is 6.42 Å². The van der Waals surface area contributed by atoms with Crippen molar-refractivity contribution in [1.82, 2.24) is 0 Å². The van der Waals surface area contributed by atoms with E-state index >= 15 is 0 Å². The van der Waals surface area contributed by atoms with Gasteiger partial charge in [-0.15, -0.1) is 6.58 Å². The van der Waals surface area contributed by atoms with Crippen LogP contribution in [0.1, 0.15) is 5.56 Å². The van der Waals surface area contributed by atoms with Gasteiger partial charge in [0.15, 0.2) is 0 Å². The second-order valence-corrected chi connectivity index (χ2v) is 2.96. The maximum Gasteiger partial charge on any atom is 0.123 e. The normalized spacial score (nSPS) is 9.43. The van der Waals surface area contributed by atoms with E-state index in [0.29, 0.717) is 6.61 Å². The van der Waals surface area contributed by atoms with Crippen LogP contribution in [0.2, 0.25) is 0 Å². The highest BCUT2D eigenvalue weighted by Crippen LogP contribution is 2.22. The summed E-state index contributed by atoms with van der Waals surface area (Å²) in [6.45, 7) is 7.80. The Hall–Kier alpha value is -1.70. The minimum Gasteiger partial charge on any atom is -0.489 e. The van der Waals surface area contributed by atoms with Crippen molar-refractivity contribution in [3.05, 3.63) is 49.1 Å². The van der Waals surface area contributed by atoms with Crippen molar-refractivity contribution < 1.29 is 4.74 Å². The van der Waals surface area contributed by atoms with Crippen LogP contribution in [0.15, 0.2) is 43.5 Å². The third-order valence-corrected chi connectivity index (χ3v) is 1.81. The SMILES string of the molecule is C=CCOc1ccc(N)cc1CC=C. The quantitative estimate of drug-likeness (QED) is 0.570. The number of hydrogen-bond acceptors (Lipinski definition) is 2. The summed E-state index contributed by atoms with van der Waals surface area (Å²) in [6, 6.07) is 5.60. The highest BCUT2D eigenvalue weighted by molar-refractivity contribution is 5.48. The molecule has 1 aromatic carbocycles. The van der Waals surface area contributed by atoms with Crippen LogP contribution in [0.3, 0.4) is 0 Å². The van der Waals surface area contributed by atoms with Crippen LogP contribution in [-0.4, -0.2) is 6.61 Å². The van der Waals surface area contributed by atoms with E-state index in [9.17, 15) is 0 Å². The van der Waals surface area contributed by atoms with E-state index in [1.165, 1.54) is 0 Å². The summed E-state index contributed by atoms with van der Waals surface area (Å²) >= 11 is 0. The van der Waals surface area contributed by atoms with Crippen LogP contribution >= 0.6 is 0 Å². The van der Waals surface area contributed by atoms with E-state index in [1.54, 1.807) is 6.08 Å². The second-order valence-electron chi connectivity index (χ2n) is 2.96.